The summed E-state index contributed by atoms with van der Waals surface area (Å²) >= 11 is 0. The molecule has 0 unspecified atom stereocenters. The molecule has 0 aromatic heterocycles. The fourth-order valence-electron chi connectivity index (χ4n) is 4.96. The number of carbonyl (C=O) groups excluding carboxylic acids is 1. The van der Waals surface area contributed by atoms with Crippen molar-refractivity contribution in [2.75, 3.05) is 30.4 Å². The fraction of sp³-hybridized carbons (Fsp3) is 0.300. The van der Waals surface area contributed by atoms with Crippen LogP contribution < -0.4 is 16.3 Å². The lowest BCUT2D eigenvalue weighted by Crippen LogP contribution is -2.34. The van der Waals surface area contributed by atoms with Gasteiger partial charge in [-0.2, -0.15) is 10.2 Å². The van der Waals surface area contributed by atoms with Crippen LogP contribution in [0.25, 0.3) is 22.5 Å². The molecular formula is C30H28FN7O2. The van der Waals surface area contributed by atoms with E-state index in [9.17, 15) is 10.1 Å². The van der Waals surface area contributed by atoms with Crippen molar-refractivity contribution < 1.29 is 13.9 Å². The van der Waals surface area contributed by atoms with Crippen LogP contribution in [0.15, 0.2) is 53.7 Å². The molecule has 0 saturated carbocycles. The Labute approximate surface area is 230 Å². The molecule has 0 atom stereocenters. The maximum Gasteiger partial charge on any atom is 0.255 e. The first-order valence-electron chi connectivity index (χ1n) is 13.1. The molecule has 4 heterocycles. The summed E-state index contributed by atoms with van der Waals surface area (Å²) in [5, 5.41) is 15.7. The van der Waals surface area contributed by atoms with E-state index >= 15 is 4.39 Å². The van der Waals surface area contributed by atoms with Gasteiger partial charge in [0, 0.05) is 36.0 Å². The number of fused-ring (bicyclic) bond motifs is 3. The molecule has 0 bridgehead atoms. The Kier molecular flexibility index (Phi) is 6.31. The second-order valence-electron chi connectivity index (χ2n) is 10.7. The highest BCUT2D eigenvalue weighted by atomic mass is 19.1. The van der Waals surface area contributed by atoms with Crippen molar-refractivity contribution in [3.05, 3.63) is 76.8 Å². The average molecular weight is 538 g/mol. The van der Waals surface area contributed by atoms with E-state index in [0.717, 1.165) is 40.4 Å². The van der Waals surface area contributed by atoms with Gasteiger partial charge in [-0.05, 0) is 67.8 Å². The Balaban J connectivity index is 1.38. The van der Waals surface area contributed by atoms with Crippen LogP contribution in [-0.2, 0) is 16.7 Å². The van der Waals surface area contributed by atoms with Gasteiger partial charge in [0.15, 0.2) is 0 Å². The number of halogens is 1. The van der Waals surface area contributed by atoms with Gasteiger partial charge in [0.1, 0.15) is 23.5 Å². The average Bonchev–Trinajstić information content (AvgIpc) is 3.42. The highest BCUT2D eigenvalue weighted by molar-refractivity contribution is 6.05. The number of carbonyl (C=O) groups is 1. The molecule has 9 nitrogen and oxygen atoms in total. The Morgan fingerprint density at radius 2 is 2.08 bits per heavy atom. The van der Waals surface area contributed by atoms with Gasteiger partial charge in [0.25, 0.3) is 5.91 Å². The number of anilines is 2. The first kappa shape index (κ1) is 25.6. The molecule has 4 aliphatic rings. The van der Waals surface area contributed by atoms with Crippen molar-refractivity contribution in [2.45, 2.75) is 38.8 Å². The van der Waals surface area contributed by atoms with E-state index in [1.54, 1.807) is 50.4 Å². The molecule has 1 saturated heterocycles. The normalized spacial score (nSPS) is 15.3. The van der Waals surface area contributed by atoms with Crippen molar-refractivity contribution in [3.63, 3.8) is 0 Å². The number of amides is 1. The number of rotatable bonds is 5. The number of nitrogens with zero attached hydrogens (tertiary/aromatic N) is 5. The summed E-state index contributed by atoms with van der Waals surface area (Å²) in [5.74, 6) is 0.645. The molecular weight excluding hydrogens is 509 g/mol. The highest BCUT2D eigenvalue weighted by Crippen LogP contribution is 2.39. The molecule has 10 heteroatoms. The first-order chi connectivity index (χ1) is 19.2. The number of hydrogen-bond acceptors (Lipinski definition) is 7. The number of nitriles is 1. The van der Waals surface area contributed by atoms with E-state index in [4.69, 9.17) is 9.72 Å². The highest BCUT2D eigenvalue weighted by Gasteiger charge is 2.25. The first-order valence-corrected chi connectivity index (χ1v) is 13.1. The van der Waals surface area contributed by atoms with Crippen LogP contribution in [0.3, 0.4) is 0 Å². The minimum Gasteiger partial charge on any atom is -0.377 e. The van der Waals surface area contributed by atoms with E-state index < -0.39 is 17.1 Å². The van der Waals surface area contributed by atoms with E-state index in [-0.39, 0.29) is 11.7 Å². The van der Waals surface area contributed by atoms with Gasteiger partial charge in [-0.1, -0.05) is 12.1 Å². The smallest absolute Gasteiger partial charge is 0.255 e. The van der Waals surface area contributed by atoms with Crippen molar-refractivity contribution in [3.8, 4) is 28.6 Å². The standard InChI is InChI=1S/C30H28FN7O2/c1-17-9-24(31)25(36-28(39)18-5-4-6-20(10-18)30(2,3)16-32)12-22(17)23-11-19-13-34-29(35-21-14-40-15-21)37-26(19)38-8-7-33-27(23)38/h4-6,9-13,21,33H,7-8,14-15H2,1-3H3,(H,36,39). The van der Waals surface area contributed by atoms with Gasteiger partial charge < -0.3 is 19.9 Å². The third-order valence-electron chi connectivity index (χ3n) is 7.39. The molecule has 4 aliphatic heterocycles. The number of benzene rings is 2. The predicted molar refractivity (Wildman–Crippen MR) is 148 cm³/mol. The molecule has 0 radical (unpaired) electrons. The van der Waals surface area contributed by atoms with Gasteiger partial charge >= 0.3 is 0 Å². The van der Waals surface area contributed by atoms with E-state index in [1.165, 1.54) is 6.07 Å². The zero-order valence-corrected chi connectivity index (χ0v) is 22.5. The number of nitrogens with one attached hydrogen (secondary N) is 2. The third kappa shape index (κ3) is 4.58. The second-order valence-corrected chi connectivity index (χ2v) is 10.7. The molecule has 0 spiro atoms. The van der Waals surface area contributed by atoms with Gasteiger partial charge in [-0.3, -0.25) is 4.79 Å². The zero-order chi connectivity index (χ0) is 28.0. The number of hydrogen-bond donors (Lipinski definition) is 2. The summed E-state index contributed by atoms with van der Waals surface area (Å²) < 4.78 is 22.4. The van der Waals surface area contributed by atoms with Gasteiger partial charge in [-0.25, -0.2) is 14.4 Å². The van der Waals surface area contributed by atoms with Crippen LogP contribution in [0.2, 0.25) is 0 Å². The SMILES string of the molecule is Cc1cc(F)c(NC(=O)c2cccc(C(C)(C)C#N)c2)cc1-c1cc2cnc(=NC3COC3)nc-2n2c1NCC2. The third-order valence-corrected chi connectivity index (χ3v) is 7.39. The molecule has 2 N–H and O–H groups in total. The molecule has 2 aromatic carbocycles. The largest absolute Gasteiger partial charge is 0.377 e. The summed E-state index contributed by atoms with van der Waals surface area (Å²) in [6, 6.07) is 14.2. The summed E-state index contributed by atoms with van der Waals surface area (Å²) in [4.78, 5) is 26.9. The minimum absolute atomic E-state index is 0.0699. The van der Waals surface area contributed by atoms with Crippen LogP contribution in [-0.4, -0.2) is 46.2 Å². The topological polar surface area (TPSA) is 117 Å². The van der Waals surface area contributed by atoms with E-state index in [2.05, 4.69) is 31.2 Å². The Bertz CT molecular complexity index is 1730. The minimum atomic E-state index is -0.760. The van der Waals surface area contributed by atoms with Crippen LogP contribution in [0.5, 0.6) is 0 Å². The maximum atomic E-state index is 15.1. The van der Waals surface area contributed by atoms with E-state index in [1.807, 2.05) is 13.0 Å². The van der Waals surface area contributed by atoms with Gasteiger partial charge in [-0.15, -0.1) is 0 Å². The van der Waals surface area contributed by atoms with Gasteiger partial charge in [0.05, 0.1) is 30.4 Å². The molecule has 202 valence electrons. The van der Waals surface area contributed by atoms with Crippen molar-refractivity contribution in [1.82, 2.24) is 14.5 Å². The molecule has 2 aromatic rings. The predicted octanol–water partition coefficient (Wildman–Crippen LogP) is 4.28. The van der Waals surface area contributed by atoms with Crippen LogP contribution in [0.1, 0.15) is 35.3 Å². The second kappa shape index (κ2) is 9.84. The number of ether oxygens (including phenoxy) is 1. The summed E-state index contributed by atoms with van der Waals surface area (Å²) in [6.45, 7) is 8.01. The van der Waals surface area contributed by atoms with Gasteiger partial charge in [0.2, 0.25) is 5.62 Å². The monoisotopic (exact) mass is 537 g/mol. The van der Waals surface area contributed by atoms with Crippen molar-refractivity contribution in [2.24, 2.45) is 4.99 Å². The maximum absolute atomic E-state index is 15.1. The number of pyridine rings is 1. The molecule has 0 aliphatic carbocycles. The summed E-state index contributed by atoms with van der Waals surface area (Å²) in [5.41, 5.74) is 3.98. The lowest BCUT2D eigenvalue weighted by atomic mass is 9.85. The number of aromatic nitrogens is 3. The van der Waals surface area contributed by atoms with Crippen LogP contribution >= 0.6 is 0 Å². The number of aryl methyl sites for hydroxylation is 1. The Morgan fingerprint density at radius 1 is 1.25 bits per heavy atom. The Morgan fingerprint density at radius 3 is 2.83 bits per heavy atom. The molecule has 6 rings (SSSR count). The molecule has 1 amide bonds. The molecule has 40 heavy (non-hydrogen) atoms. The van der Waals surface area contributed by atoms with Crippen molar-refractivity contribution >= 4 is 17.4 Å². The van der Waals surface area contributed by atoms with Crippen LogP contribution in [0.4, 0.5) is 15.9 Å². The lowest BCUT2D eigenvalue weighted by molar-refractivity contribution is 0.0112. The van der Waals surface area contributed by atoms with E-state index in [0.29, 0.717) is 36.5 Å². The quantitative estimate of drug-likeness (QED) is 0.393. The molecule has 1 fully saturated rings. The fourth-order valence-corrected chi connectivity index (χ4v) is 4.96. The lowest BCUT2D eigenvalue weighted by Gasteiger charge is -2.21. The Hall–Kier alpha value is -4.62. The summed E-state index contributed by atoms with van der Waals surface area (Å²) in [6.07, 6.45) is 1.76. The van der Waals surface area contributed by atoms with Crippen LogP contribution in [0, 0.1) is 24.1 Å². The summed E-state index contributed by atoms with van der Waals surface area (Å²) in [7, 11) is 0. The van der Waals surface area contributed by atoms with Crippen molar-refractivity contribution in [1.29, 1.82) is 5.26 Å². The zero-order valence-electron chi connectivity index (χ0n) is 22.5.